The lowest BCUT2D eigenvalue weighted by atomic mass is 10.1. The number of hydrogen-bond donors (Lipinski definition) is 2. The highest BCUT2D eigenvalue weighted by atomic mass is 16.5. The number of aliphatic hydroxyl groups is 1. The largest absolute Gasteiger partial charge is 0.497 e. The van der Waals surface area contributed by atoms with E-state index in [1.165, 1.54) is 0 Å². The SMILES string of the molecule is COc1ccc([C@@H](O)CNCc2cnn(C(C)(C)C)c2)cc1. The van der Waals surface area contributed by atoms with Gasteiger partial charge in [-0.1, -0.05) is 12.1 Å². The van der Waals surface area contributed by atoms with Crippen molar-refractivity contribution in [3.8, 4) is 5.75 Å². The predicted octanol–water partition coefficient (Wildman–Crippen LogP) is 2.47. The Hall–Kier alpha value is -1.85. The Balaban J connectivity index is 1.83. The van der Waals surface area contributed by atoms with Gasteiger partial charge in [-0.25, -0.2) is 0 Å². The summed E-state index contributed by atoms with van der Waals surface area (Å²) in [6, 6.07) is 7.46. The van der Waals surface area contributed by atoms with Crippen molar-refractivity contribution in [3.05, 3.63) is 47.8 Å². The van der Waals surface area contributed by atoms with E-state index < -0.39 is 6.10 Å². The summed E-state index contributed by atoms with van der Waals surface area (Å²) in [6.45, 7) is 7.52. The minimum absolute atomic E-state index is 0.0130. The van der Waals surface area contributed by atoms with Crippen molar-refractivity contribution in [1.82, 2.24) is 15.1 Å². The maximum absolute atomic E-state index is 10.2. The van der Waals surface area contributed by atoms with Crippen LogP contribution in [-0.4, -0.2) is 28.5 Å². The molecule has 0 saturated carbocycles. The van der Waals surface area contributed by atoms with Gasteiger partial charge in [0, 0.05) is 24.8 Å². The van der Waals surface area contributed by atoms with Crippen LogP contribution >= 0.6 is 0 Å². The van der Waals surface area contributed by atoms with Crippen molar-refractivity contribution in [2.75, 3.05) is 13.7 Å². The van der Waals surface area contributed by atoms with E-state index in [1.807, 2.05) is 41.3 Å². The predicted molar refractivity (Wildman–Crippen MR) is 86.9 cm³/mol. The van der Waals surface area contributed by atoms with Gasteiger partial charge in [-0.2, -0.15) is 5.10 Å². The molecule has 2 N–H and O–H groups in total. The van der Waals surface area contributed by atoms with Crippen molar-refractivity contribution >= 4 is 0 Å². The number of nitrogens with zero attached hydrogens (tertiary/aromatic N) is 2. The molecule has 0 saturated heterocycles. The molecular weight excluding hydrogens is 278 g/mol. The number of aliphatic hydroxyl groups excluding tert-OH is 1. The van der Waals surface area contributed by atoms with Crippen LogP contribution in [0.4, 0.5) is 0 Å². The van der Waals surface area contributed by atoms with Crippen LogP contribution in [0.2, 0.25) is 0 Å². The van der Waals surface area contributed by atoms with Crippen LogP contribution in [-0.2, 0) is 12.1 Å². The number of ether oxygens (including phenoxy) is 1. The third-order valence-electron chi connectivity index (χ3n) is 3.49. The molecule has 2 aromatic rings. The number of benzene rings is 1. The van der Waals surface area contributed by atoms with Crippen molar-refractivity contribution in [1.29, 1.82) is 0 Å². The van der Waals surface area contributed by atoms with E-state index in [-0.39, 0.29) is 5.54 Å². The van der Waals surface area contributed by atoms with Gasteiger partial charge < -0.3 is 15.2 Å². The Bertz CT molecular complexity index is 585. The minimum atomic E-state index is -0.538. The highest BCUT2D eigenvalue weighted by Crippen LogP contribution is 2.17. The summed E-state index contributed by atoms with van der Waals surface area (Å²) >= 11 is 0. The molecule has 22 heavy (non-hydrogen) atoms. The number of methoxy groups -OCH3 is 1. The lowest BCUT2D eigenvalue weighted by molar-refractivity contribution is 0.174. The van der Waals surface area contributed by atoms with E-state index in [9.17, 15) is 5.11 Å². The topological polar surface area (TPSA) is 59.3 Å². The second-order valence-corrected chi connectivity index (χ2v) is 6.38. The van der Waals surface area contributed by atoms with Crippen LogP contribution in [0.1, 0.15) is 38.0 Å². The summed E-state index contributed by atoms with van der Waals surface area (Å²) in [7, 11) is 1.63. The first-order chi connectivity index (χ1) is 10.4. The third-order valence-corrected chi connectivity index (χ3v) is 3.49. The Labute approximate surface area is 131 Å². The molecule has 5 nitrogen and oxygen atoms in total. The molecule has 1 heterocycles. The van der Waals surface area contributed by atoms with Gasteiger partial charge in [0.05, 0.1) is 24.9 Å². The fraction of sp³-hybridized carbons (Fsp3) is 0.471. The molecule has 2 rings (SSSR count). The molecule has 1 aromatic heterocycles. The highest BCUT2D eigenvalue weighted by molar-refractivity contribution is 5.28. The fourth-order valence-electron chi connectivity index (χ4n) is 2.12. The molecule has 0 aliphatic heterocycles. The molecule has 120 valence electrons. The van der Waals surface area contributed by atoms with E-state index in [0.29, 0.717) is 13.1 Å². The molecule has 1 aromatic carbocycles. The van der Waals surface area contributed by atoms with Crippen molar-refractivity contribution in [3.63, 3.8) is 0 Å². The zero-order valence-corrected chi connectivity index (χ0v) is 13.7. The molecule has 5 heteroatoms. The molecule has 1 atom stereocenters. The number of nitrogens with one attached hydrogen (secondary N) is 1. The van der Waals surface area contributed by atoms with Gasteiger partial charge in [-0.15, -0.1) is 0 Å². The summed E-state index contributed by atoms with van der Waals surface area (Å²) in [5.41, 5.74) is 1.97. The standard InChI is InChI=1S/C17H25N3O2/c1-17(2,3)20-12-13(10-19-20)9-18-11-16(21)14-5-7-15(22-4)8-6-14/h5-8,10,12,16,18,21H,9,11H2,1-4H3/t16-/m0/s1. The van der Waals surface area contributed by atoms with E-state index in [4.69, 9.17) is 4.74 Å². The lowest BCUT2D eigenvalue weighted by Gasteiger charge is -2.18. The average Bonchev–Trinajstić information content (AvgIpc) is 2.96. The minimum Gasteiger partial charge on any atom is -0.497 e. The van der Waals surface area contributed by atoms with E-state index >= 15 is 0 Å². The molecule has 0 amide bonds. The Morgan fingerprint density at radius 1 is 1.27 bits per heavy atom. The molecule has 0 aliphatic carbocycles. The van der Waals surface area contributed by atoms with E-state index in [1.54, 1.807) is 7.11 Å². The van der Waals surface area contributed by atoms with Gasteiger partial charge in [0.2, 0.25) is 0 Å². The summed E-state index contributed by atoms with van der Waals surface area (Å²) in [4.78, 5) is 0. The first-order valence-corrected chi connectivity index (χ1v) is 7.47. The molecule has 0 unspecified atom stereocenters. The van der Waals surface area contributed by atoms with Crippen LogP contribution in [0, 0.1) is 0 Å². The fourth-order valence-corrected chi connectivity index (χ4v) is 2.12. The number of rotatable bonds is 6. The van der Waals surface area contributed by atoms with Crippen molar-refractivity contribution in [2.45, 2.75) is 39.0 Å². The zero-order valence-electron chi connectivity index (χ0n) is 13.7. The Morgan fingerprint density at radius 2 is 1.95 bits per heavy atom. The first kappa shape index (κ1) is 16.5. The second kappa shape index (κ2) is 6.94. The smallest absolute Gasteiger partial charge is 0.118 e. The molecule has 0 bridgehead atoms. The maximum atomic E-state index is 10.2. The summed E-state index contributed by atoms with van der Waals surface area (Å²) in [5, 5.41) is 17.8. The highest BCUT2D eigenvalue weighted by Gasteiger charge is 2.14. The van der Waals surface area contributed by atoms with Crippen LogP contribution in [0.3, 0.4) is 0 Å². The van der Waals surface area contributed by atoms with E-state index in [2.05, 4.69) is 31.2 Å². The zero-order chi connectivity index (χ0) is 16.2. The number of hydrogen-bond acceptors (Lipinski definition) is 4. The van der Waals surface area contributed by atoms with Crippen LogP contribution in [0.15, 0.2) is 36.7 Å². The van der Waals surface area contributed by atoms with Gasteiger partial charge in [-0.3, -0.25) is 4.68 Å². The van der Waals surface area contributed by atoms with Gasteiger partial charge in [0.25, 0.3) is 0 Å². The average molecular weight is 303 g/mol. The second-order valence-electron chi connectivity index (χ2n) is 6.38. The number of aromatic nitrogens is 2. The maximum Gasteiger partial charge on any atom is 0.118 e. The molecule has 0 radical (unpaired) electrons. The van der Waals surface area contributed by atoms with Gasteiger partial charge in [-0.05, 0) is 38.5 Å². The molecule has 0 aliphatic rings. The third kappa shape index (κ3) is 4.32. The van der Waals surface area contributed by atoms with E-state index in [0.717, 1.165) is 16.9 Å². The first-order valence-electron chi connectivity index (χ1n) is 7.47. The summed E-state index contributed by atoms with van der Waals surface area (Å²) in [5.74, 6) is 0.790. The van der Waals surface area contributed by atoms with Crippen molar-refractivity contribution < 1.29 is 9.84 Å². The van der Waals surface area contributed by atoms with Crippen LogP contribution < -0.4 is 10.1 Å². The van der Waals surface area contributed by atoms with Crippen LogP contribution in [0.25, 0.3) is 0 Å². The van der Waals surface area contributed by atoms with Gasteiger partial charge in [0.1, 0.15) is 5.75 Å². The monoisotopic (exact) mass is 303 g/mol. The Kier molecular flexibility index (Phi) is 5.21. The van der Waals surface area contributed by atoms with Gasteiger partial charge in [0.15, 0.2) is 0 Å². The van der Waals surface area contributed by atoms with Gasteiger partial charge >= 0.3 is 0 Å². The quantitative estimate of drug-likeness (QED) is 0.860. The molecule has 0 spiro atoms. The van der Waals surface area contributed by atoms with Crippen molar-refractivity contribution in [2.24, 2.45) is 0 Å². The molecule has 0 fully saturated rings. The van der Waals surface area contributed by atoms with Crippen LogP contribution in [0.5, 0.6) is 5.75 Å². The lowest BCUT2D eigenvalue weighted by Crippen LogP contribution is -2.22. The molecular formula is C17H25N3O2. The summed E-state index contributed by atoms with van der Waals surface area (Å²) < 4.78 is 7.06. The Morgan fingerprint density at radius 3 is 2.50 bits per heavy atom. The normalized spacial score (nSPS) is 13.1. The summed E-state index contributed by atoms with van der Waals surface area (Å²) in [6.07, 6.45) is 3.36.